The molecule has 9 heteroatoms. The van der Waals surface area contributed by atoms with Crippen molar-refractivity contribution in [3.63, 3.8) is 0 Å². The first-order chi connectivity index (χ1) is 12.2. The molecule has 1 aliphatic rings. The molecule has 25 heavy (non-hydrogen) atoms. The number of fused-ring (bicyclic) bond motifs is 1. The SMILES string of the molecule is Cc1nc2sc([C@@H](c3ccco3)N3CCN(CCO)CC3)c(O)n2n1. The Morgan fingerprint density at radius 1 is 1.32 bits per heavy atom. The zero-order valence-electron chi connectivity index (χ0n) is 14.0. The van der Waals surface area contributed by atoms with E-state index in [-0.39, 0.29) is 18.5 Å². The number of nitrogens with zero attached hydrogens (tertiary/aromatic N) is 5. The molecule has 1 aliphatic heterocycles. The minimum atomic E-state index is -0.167. The average molecular weight is 363 g/mol. The van der Waals surface area contributed by atoms with Crippen LogP contribution >= 0.6 is 11.3 Å². The Bertz CT molecular complexity index is 836. The molecule has 1 saturated heterocycles. The molecule has 4 rings (SSSR count). The maximum Gasteiger partial charge on any atom is 0.230 e. The molecule has 0 radical (unpaired) electrons. The number of piperazine rings is 1. The Hall–Kier alpha value is -1.94. The van der Waals surface area contributed by atoms with Crippen molar-refractivity contribution in [2.24, 2.45) is 0 Å². The standard InChI is InChI=1S/C16H21N5O3S/c1-11-17-16-21(18-11)15(23)14(25-16)13(12-3-2-10-24-12)20-6-4-19(5-7-20)8-9-22/h2-3,10,13,22-23H,4-9H2,1H3/t13-/m1/s1. The molecule has 0 saturated carbocycles. The number of hydrogen-bond acceptors (Lipinski definition) is 8. The van der Waals surface area contributed by atoms with Crippen molar-refractivity contribution in [1.29, 1.82) is 0 Å². The van der Waals surface area contributed by atoms with Crippen molar-refractivity contribution >= 4 is 16.3 Å². The lowest BCUT2D eigenvalue weighted by Gasteiger charge is -2.37. The van der Waals surface area contributed by atoms with Gasteiger partial charge in [0.15, 0.2) is 0 Å². The van der Waals surface area contributed by atoms with Gasteiger partial charge in [0.25, 0.3) is 0 Å². The van der Waals surface area contributed by atoms with Crippen LogP contribution < -0.4 is 0 Å². The van der Waals surface area contributed by atoms with E-state index >= 15 is 0 Å². The van der Waals surface area contributed by atoms with Gasteiger partial charge in [-0.25, -0.2) is 4.98 Å². The monoisotopic (exact) mass is 363 g/mol. The van der Waals surface area contributed by atoms with Crippen LogP contribution in [0.2, 0.25) is 0 Å². The first-order valence-electron chi connectivity index (χ1n) is 8.33. The number of β-amino-alcohol motifs (C(OH)–C–C–N with tert-alkyl or cyclic N) is 1. The molecular weight excluding hydrogens is 342 g/mol. The Kier molecular flexibility index (Phi) is 4.46. The minimum absolute atomic E-state index is 0.125. The summed E-state index contributed by atoms with van der Waals surface area (Å²) in [5, 5.41) is 24.1. The van der Waals surface area contributed by atoms with Gasteiger partial charge in [0, 0.05) is 32.7 Å². The second-order valence-corrected chi connectivity index (χ2v) is 7.17. The molecule has 0 bridgehead atoms. The van der Waals surface area contributed by atoms with Gasteiger partial charge in [0.05, 0.1) is 17.7 Å². The van der Waals surface area contributed by atoms with E-state index in [4.69, 9.17) is 9.52 Å². The van der Waals surface area contributed by atoms with E-state index in [1.165, 1.54) is 15.9 Å². The molecule has 2 N–H and O–H groups in total. The lowest BCUT2D eigenvalue weighted by atomic mass is 10.1. The first-order valence-corrected chi connectivity index (χ1v) is 9.14. The second kappa shape index (κ2) is 6.75. The average Bonchev–Trinajstić information content (AvgIpc) is 3.30. The number of aryl methyl sites for hydroxylation is 1. The van der Waals surface area contributed by atoms with Crippen LogP contribution in [0.3, 0.4) is 0 Å². The largest absolute Gasteiger partial charge is 0.492 e. The highest BCUT2D eigenvalue weighted by Gasteiger charge is 2.33. The van der Waals surface area contributed by atoms with Crippen molar-refractivity contribution in [1.82, 2.24) is 24.4 Å². The topological polar surface area (TPSA) is 90.3 Å². The van der Waals surface area contributed by atoms with Gasteiger partial charge in [-0.1, -0.05) is 11.3 Å². The summed E-state index contributed by atoms with van der Waals surface area (Å²) < 4.78 is 7.17. The van der Waals surface area contributed by atoms with Crippen LogP contribution in [-0.2, 0) is 0 Å². The predicted octanol–water partition coefficient (Wildman–Crippen LogP) is 1.10. The fraction of sp³-hybridized carbons (Fsp3) is 0.500. The lowest BCUT2D eigenvalue weighted by Crippen LogP contribution is -2.48. The number of aliphatic hydroxyl groups excluding tert-OH is 1. The third-order valence-electron chi connectivity index (χ3n) is 4.55. The summed E-state index contributed by atoms with van der Waals surface area (Å²) in [7, 11) is 0. The van der Waals surface area contributed by atoms with E-state index in [9.17, 15) is 5.11 Å². The molecule has 1 atom stereocenters. The quantitative estimate of drug-likeness (QED) is 0.701. The summed E-state index contributed by atoms with van der Waals surface area (Å²) in [4.78, 5) is 10.4. The van der Waals surface area contributed by atoms with Crippen LogP contribution in [0, 0.1) is 6.92 Å². The van der Waals surface area contributed by atoms with E-state index in [0.717, 1.165) is 36.8 Å². The normalized spacial score (nSPS) is 18.2. The number of furan rings is 1. The lowest BCUT2D eigenvalue weighted by molar-refractivity contribution is 0.0883. The molecule has 4 heterocycles. The molecule has 0 spiro atoms. The van der Waals surface area contributed by atoms with Crippen LogP contribution in [0.25, 0.3) is 4.96 Å². The van der Waals surface area contributed by atoms with Gasteiger partial charge in [-0.05, 0) is 19.1 Å². The summed E-state index contributed by atoms with van der Waals surface area (Å²) in [6, 6.07) is 3.63. The van der Waals surface area contributed by atoms with Crippen molar-refractivity contribution in [3.8, 4) is 5.88 Å². The Balaban J connectivity index is 1.67. The summed E-state index contributed by atoms with van der Waals surface area (Å²) >= 11 is 1.44. The Morgan fingerprint density at radius 2 is 2.12 bits per heavy atom. The summed E-state index contributed by atoms with van der Waals surface area (Å²) in [6.45, 7) is 6.09. The van der Waals surface area contributed by atoms with Gasteiger partial charge in [-0.3, -0.25) is 9.80 Å². The molecule has 0 unspecified atom stereocenters. The maximum absolute atomic E-state index is 10.7. The Morgan fingerprint density at radius 3 is 2.76 bits per heavy atom. The zero-order chi connectivity index (χ0) is 17.4. The molecule has 0 aromatic carbocycles. The molecular formula is C16H21N5O3S. The molecule has 3 aromatic heterocycles. The molecule has 0 amide bonds. The van der Waals surface area contributed by atoms with Gasteiger partial charge >= 0.3 is 0 Å². The number of aliphatic hydroxyl groups is 1. The number of aromatic hydroxyl groups is 1. The van der Waals surface area contributed by atoms with E-state index in [0.29, 0.717) is 17.3 Å². The second-order valence-electron chi connectivity index (χ2n) is 6.16. The number of hydrogen-bond donors (Lipinski definition) is 2. The maximum atomic E-state index is 10.7. The highest BCUT2D eigenvalue weighted by molar-refractivity contribution is 7.17. The van der Waals surface area contributed by atoms with Gasteiger partial charge in [0.2, 0.25) is 10.8 Å². The third-order valence-corrected chi connectivity index (χ3v) is 5.63. The van der Waals surface area contributed by atoms with E-state index in [2.05, 4.69) is 19.9 Å². The van der Waals surface area contributed by atoms with Gasteiger partial charge < -0.3 is 14.6 Å². The molecule has 134 valence electrons. The fourth-order valence-electron chi connectivity index (χ4n) is 3.33. The smallest absolute Gasteiger partial charge is 0.230 e. The Labute approximate surface area is 148 Å². The van der Waals surface area contributed by atoms with Crippen LogP contribution in [-0.4, -0.2) is 73.9 Å². The molecule has 1 fully saturated rings. The number of rotatable bonds is 5. The van der Waals surface area contributed by atoms with Crippen LogP contribution in [0.5, 0.6) is 5.88 Å². The molecule has 3 aromatic rings. The van der Waals surface area contributed by atoms with E-state index in [1.807, 2.05) is 19.1 Å². The first kappa shape index (κ1) is 16.5. The van der Waals surface area contributed by atoms with Gasteiger partial charge in [0.1, 0.15) is 17.6 Å². The number of aromatic nitrogens is 3. The fourth-order valence-corrected chi connectivity index (χ4v) is 4.48. The van der Waals surface area contributed by atoms with E-state index in [1.54, 1.807) is 6.26 Å². The highest BCUT2D eigenvalue weighted by Crippen LogP contribution is 2.40. The highest BCUT2D eigenvalue weighted by atomic mass is 32.1. The summed E-state index contributed by atoms with van der Waals surface area (Å²) in [5.41, 5.74) is 0. The molecule has 8 nitrogen and oxygen atoms in total. The van der Waals surface area contributed by atoms with Crippen molar-refractivity contribution in [2.75, 3.05) is 39.3 Å². The summed E-state index contributed by atoms with van der Waals surface area (Å²) in [6.07, 6.45) is 1.66. The summed E-state index contributed by atoms with van der Waals surface area (Å²) in [5.74, 6) is 1.56. The minimum Gasteiger partial charge on any atom is -0.492 e. The third kappa shape index (κ3) is 3.04. The number of thiazole rings is 1. The van der Waals surface area contributed by atoms with Crippen LogP contribution in [0.4, 0.5) is 0 Å². The predicted molar refractivity (Wildman–Crippen MR) is 92.9 cm³/mol. The van der Waals surface area contributed by atoms with Crippen molar-refractivity contribution < 1.29 is 14.6 Å². The van der Waals surface area contributed by atoms with Crippen molar-refractivity contribution in [3.05, 3.63) is 34.9 Å². The van der Waals surface area contributed by atoms with Crippen molar-refractivity contribution in [2.45, 2.75) is 13.0 Å². The van der Waals surface area contributed by atoms with Gasteiger partial charge in [-0.15, -0.1) is 5.10 Å². The zero-order valence-corrected chi connectivity index (χ0v) is 14.8. The molecule has 0 aliphatic carbocycles. The van der Waals surface area contributed by atoms with Crippen LogP contribution in [0.15, 0.2) is 22.8 Å². The van der Waals surface area contributed by atoms with E-state index < -0.39 is 0 Å². The van der Waals surface area contributed by atoms with Crippen LogP contribution in [0.1, 0.15) is 22.5 Å². The van der Waals surface area contributed by atoms with Gasteiger partial charge in [-0.2, -0.15) is 4.52 Å².